The van der Waals surface area contributed by atoms with Crippen molar-refractivity contribution in [3.8, 4) is 11.5 Å². The zero-order valence-electron chi connectivity index (χ0n) is 9.81. The molecule has 0 amide bonds. The Morgan fingerprint density at radius 3 is 2.83 bits per heavy atom. The summed E-state index contributed by atoms with van der Waals surface area (Å²) in [5.41, 5.74) is 0.611. The molecule has 1 aromatic rings. The Kier molecular flexibility index (Phi) is 3.63. The number of hydrogen-bond donors (Lipinski definition) is 3. The number of carboxylic acids is 1. The molecule has 2 unspecified atom stereocenters. The van der Waals surface area contributed by atoms with Gasteiger partial charge in [-0.1, -0.05) is 11.6 Å². The van der Waals surface area contributed by atoms with Gasteiger partial charge in [-0.15, -0.1) is 0 Å². The number of rotatable bonds is 3. The molecule has 2 atom stereocenters. The van der Waals surface area contributed by atoms with Crippen LogP contribution in [-0.4, -0.2) is 29.8 Å². The molecular formula is C12H14ClNO4. The van der Waals surface area contributed by atoms with Gasteiger partial charge in [-0.25, -0.2) is 0 Å². The highest BCUT2D eigenvalue weighted by molar-refractivity contribution is 6.32. The summed E-state index contributed by atoms with van der Waals surface area (Å²) in [6.45, 7) is 0.393. The number of methoxy groups -OCH3 is 1. The number of benzene rings is 1. The van der Waals surface area contributed by atoms with Gasteiger partial charge in [0.15, 0.2) is 0 Å². The average molecular weight is 272 g/mol. The molecule has 1 saturated heterocycles. The van der Waals surface area contributed by atoms with Crippen molar-refractivity contribution in [2.45, 2.75) is 12.5 Å². The molecule has 0 radical (unpaired) electrons. The van der Waals surface area contributed by atoms with Gasteiger partial charge in [-0.05, 0) is 12.5 Å². The first-order valence-corrected chi connectivity index (χ1v) is 5.93. The summed E-state index contributed by atoms with van der Waals surface area (Å²) < 4.78 is 5.09. The summed E-state index contributed by atoms with van der Waals surface area (Å²) >= 11 is 5.89. The van der Waals surface area contributed by atoms with E-state index in [1.165, 1.54) is 13.2 Å². The van der Waals surface area contributed by atoms with Crippen molar-refractivity contribution in [3.05, 3.63) is 22.7 Å². The molecule has 0 saturated carbocycles. The summed E-state index contributed by atoms with van der Waals surface area (Å²) in [5.74, 6) is -0.754. The summed E-state index contributed by atoms with van der Waals surface area (Å²) in [4.78, 5) is 10.9. The third-order valence-electron chi connectivity index (χ3n) is 3.16. The van der Waals surface area contributed by atoms with E-state index in [1.807, 2.05) is 0 Å². The van der Waals surface area contributed by atoms with Gasteiger partial charge in [-0.2, -0.15) is 0 Å². The van der Waals surface area contributed by atoms with Crippen LogP contribution >= 0.6 is 11.6 Å². The third-order valence-corrected chi connectivity index (χ3v) is 3.45. The first kappa shape index (κ1) is 13.0. The van der Waals surface area contributed by atoms with E-state index in [-0.39, 0.29) is 11.8 Å². The lowest BCUT2D eigenvalue weighted by Gasteiger charge is -2.15. The fraction of sp³-hybridized carbons (Fsp3) is 0.417. The molecule has 0 bridgehead atoms. The maximum Gasteiger partial charge on any atom is 0.307 e. The zero-order chi connectivity index (χ0) is 13.3. The Bertz CT molecular complexity index is 477. The molecular weight excluding hydrogens is 258 g/mol. The van der Waals surface area contributed by atoms with Gasteiger partial charge >= 0.3 is 5.97 Å². The molecule has 1 heterocycles. The Balaban J connectivity index is 2.26. The van der Waals surface area contributed by atoms with Crippen LogP contribution in [0.3, 0.4) is 0 Å². The van der Waals surface area contributed by atoms with Crippen LogP contribution in [-0.2, 0) is 4.79 Å². The van der Waals surface area contributed by atoms with Crippen molar-refractivity contribution in [1.82, 2.24) is 5.32 Å². The van der Waals surface area contributed by atoms with Crippen molar-refractivity contribution in [2.24, 2.45) is 5.92 Å². The Morgan fingerprint density at radius 1 is 1.56 bits per heavy atom. The van der Waals surface area contributed by atoms with Gasteiger partial charge < -0.3 is 20.3 Å². The predicted octanol–water partition coefficient (Wildman–Crippen LogP) is 1.79. The lowest BCUT2D eigenvalue weighted by molar-refractivity contribution is -0.141. The highest BCUT2D eigenvalue weighted by atomic mass is 35.5. The maximum atomic E-state index is 10.9. The second-order valence-electron chi connectivity index (χ2n) is 4.28. The van der Waals surface area contributed by atoms with Crippen LogP contribution < -0.4 is 10.1 Å². The predicted molar refractivity (Wildman–Crippen MR) is 66.2 cm³/mol. The Labute approximate surface area is 109 Å². The minimum absolute atomic E-state index is 0.0457. The van der Waals surface area contributed by atoms with E-state index in [0.717, 1.165) is 0 Å². The number of ether oxygens (including phenoxy) is 1. The topological polar surface area (TPSA) is 78.8 Å². The molecule has 2 rings (SSSR count). The van der Waals surface area contributed by atoms with Gasteiger partial charge in [-0.3, -0.25) is 4.79 Å². The van der Waals surface area contributed by atoms with E-state index >= 15 is 0 Å². The molecule has 1 aliphatic heterocycles. The minimum atomic E-state index is -0.828. The van der Waals surface area contributed by atoms with Gasteiger partial charge in [0.1, 0.15) is 11.5 Å². The molecule has 1 fully saturated rings. The number of nitrogens with one attached hydrogen (secondary N) is 1. The van der Waals surface area contributed by atoms with Crippen molar-refractivity contribution in [3.63, 3.8) is 0 Å². The number of aromatic hydroxyl groups is 1. The number of phenolic OH excluding ortho intramolecular Hbond substituents is 1. The van der Waals surface area contributed by atoms with Crippen molar-refractivity contribution >= 4 is 17.6 Å². The zero-order valence-corrected chi connectivity index (χ0v) is 10.6. The molecule has 5 nitrogen and oxygen atoms in total. The van der Waals surface area contributed by atoms with Gasteiger partial charge in [0, 0.05) is 24.2 Å². The number of carbonyl (C=O) groups is 1. The number of phenols is 1. The third kappa shape index (κ3) is 2.37. The number of halogens is 1. The number of hydrogen-bond acceptors (Lipinski definition) is 4. The second kappa shape index (κ2) is 5.04. The minimum Gasteiger partial charge on any atom is -0.508 e. The van der Waals surface area contributed by atoms with Crippen LogP contribution in [0, 0.1) is 5.92 Å². The van der Waals surface area contributed by atoms with E-state index < -0.39 is 11.9 Å². The molecule has 1 aliphatic rings. The van der Waals surface area contributed by atoms with Crippen LogP contribution in [0.4, 0.5) is 0 Å². The summed E-state index contributed by atoms with van der Waals surface area (Å²) in [6.07, 6.45) is 0.438. The highest BCUT2D eigenvalue weighted by Crippen LogP contribution is 2.38. The van der Waals surface area contributed by atoms with Crippen molar-refractivity contribution in [2.75, 3.05) is 13.7 Å². The molecule has 1 aromatic carbocycles. The Morgan fingerprint density at radius 2 is 2.28 bits per heavy atom. The van der Waals surface area contributed by atoms with E-state index in [2.05, 4.69) is 5.32 Å². The van der Waals surface area contributed by atoms with E-state index in [4.69, 9.17) is 21.4 Å². The maximum absolute atomic E-state index is 10.9. The summed E-state index contributed by atoms with van der Waals surface area (Å²) in [7, 11) is 1.49. The van der Waals surface area contributed by atoms with Crippen LogP contribution in [0.5, 0.6) is 11.5 Å². The molecule has 3 N–H and O–H groups in total. The normalized spacial score (nSPS) is 23.0. The van der Waals surface area contributed by atoms with Gasteiger partial charge in [0.2, 0.25) is 0 Å². The first-order valence-electron chi connectivity index (χ1n) is 5.55. The van der Waals surface area contributed by atoms with E-state index in [9.17, 15) is 9.90 Å². The van der Waals surface area contributed by atoms with Crippen LogP contribution in [0.2, 0.25) is 5.02 Å². The highest BCUT2D eigenvalue weighted by Gasteiger charge is 2.31. The smallest absolute Gasteiger partial charge is 0.307 e. The van der Waals surface area contributed by atoms with E-state index in [1.54, 1.807) is 6.07 Å². The molecule has 6 heteroatoms. The van der Waals surface area contributed by atoms with Crippen LogP contribution in [0.15, 0.2) is 12.1 Å². The molecule has 18 heavy (non-hydrogen) atoms. The largest absolute Gasteiger partial charge is 0.508 e. The molecule has 98 valence electrons. The fourth-order valence-corrected chi connectivity index (χ4v) is 2.39. The average Bonchev–Trinajstić information content (AvgIpc) is 2.78. The van der Waals surface area contributed by atoms with E-state index in [0.29, 0.717) is 29.3 Å². The lowest BCUT2D eigenvalue weighted by atomic mass is 9.99. The SMILES string of the molecule is COc1cc(C2CC(C(=O)O)CN2)c(O)cc1Cl. The molecule has 0 aliphatic carbocycles. The molecule has 0 aromatic heterocycles. The van der Waals surface area contributed by atoms with Crippen LogP contribution in [0.1, 0.15) is 18.0 Å². The number of aliphatic carboxylic acids is 1. The second-order valence-corrected chi connectivity index (χ2v) is 4.68. The monoisotopic (exact) mass is 271 g/mol. The quantitative estimate of drug-likeness (QED) is 0.781. The summed E-state index contributed by atoms with van der Waals surface area (Å²) in [5, 5.41) is 22.2. The number of carboxylic acid groups (broad SMARTS) is 1. The first-order chi connectivity index (χ1) is 8.52. The van der Waals surface area contributed by atoms with Crippen molar-refractivity contribution in [1.29, 1.82) is 0 Å². The molecule has 0 spiro atoms. The van der Waals surface area contributed by atoms with Crippen molar-refractivity contribution < 1.29 is 19.7 Å². The standard InChI is InChI=1S/C12H14ClNO4/c1-18-11-3-7(10(15)4-8(11)13)9-2-6(5-14-9)12(16)17/h3-4,6,9,14-15H,2,5H2,1H3,(H,16,17). The lowest BCUT2D eigenvalue weighted by Crippen LogP contribution is -2.17. The summed E-state index contributed by atoms with van der Waals surface area (Å²) in [6, 6.07) is 2.85. The fourth-order valence-electron chi connectivity index (χ4n) is 2.15. The van der Waals surface area contributed by atoms with Gasteiger partial charge in [0.25, 0.3) is 0 Å². The van der Waals surface area contributed by atoms with Crippen LogP contribution in [0.25, 0.3) is 0 Å². The van der Waals surface area contributed by atoms with Gasteiger partial charge in [0.05, 0.1) is 18.1 Å². The Hall–Kier alpha value is -1.46.